The van der Waals surface area contributed by atoms with Crippen LogP contribution in [0.3, 0.4) is 0 Å². The van der Waals surface area contributed by atoms with Crippen molar-refractivity contribution in [2.75, 3.05) is 6.54 Å². The lowest BCUT2D eigenvalue weighted by atomic mass is 10.2. The average Bonchev–Trinajstić information content (AvgIpc) is 2.82. The molecule has 0 spiro atoms. The van der Waals surface area contributed by atoms with Gasteiger partial charge in [-0.15, -0.1) is 11.8 Å². The van der Waals surface area contributed by atoms with Gasteiger partial charge in [-0.05, 0) is 31.4 Å². The molecule has 1 atom stereocenters. The summed E-state index contributed by atoms with van der Waals surface area (Å²) in [6.07, 6.45) is 5.58. The molecule has 1 aromatic rings. The van der Waals surface area contributed by atoms with Gasteiger partial charge in [-0.2, -0.15) is 0 Å². The molecule has 0 aliphatic heterocycles. The van der Waals surface area contributed by atoms with Crippen LogP contribution in [-0.4, -0.2) is 17.8 Å². The van der Waals surface area contributed by atoms with Crippen LogP contribution in [0, 0.1) is 6.92 Å². The van der Waals surface area contributed by atoms with Gasteiger partial charge in [-0.25, -0.2) is 0 Å². The Morgan fingerprint density at radius 3 is 2.71 bits per heavy atom. The number of benzene rings is 1. The first-order chi connectivity index (χ1) is 8.25. The van der Waals surface area contributed by atoms with E-state index in [-0.39, 0.29) is 0 Å². The lowest BCUT2D eigenvalue weighted by molar-refractivity contribution is 0.527. The summed E-state index contributed by atoms with van der Waals surface area (Å²) < 4.78 is 0. The van der Waals surface area contributed by atoms with Crippen LogP contribution < -0.4 is 5.32 Å². The van der Waals surface area contributed by atoms with E-state index in [1.165, 1.54) is 36.1 Å². The molecule has 0 heterocycles. The van der Waals surface area contributed by atoms with Crippen LogP contribution in [0.15, 0.2) is 29.2 Å². The van der Waals surface area contributed by atoms with Gasteiger partial charge in [0.25, 0.3) is 0 Å². The monoisotopic (exact) mass is 249 g/mol. The summed E-state index contributed by atoms with van der Waals surface area (Å²) in [5.41, 5.74) is 1.39. The van der Waals surface area contributed by atoms with Gasteiger partial charge in [0.1, 0.15) is 0 Å². The zero-order valence-corrected chi connectivity index (χ0v) is 11.7. The lowest BCUT2D eigenvalue weighted by Crippen LogP contribution is -2.31. The van der Waals surface area contributed by atoms with E-state index >= 15 is 0 Å². The van der Waals surface area contributed by atoms with Crippen molar-refractivity contribution in [2.24, 2.45) is 0 Å². The summed E-state index contributed by atoms with van der Waals surface area (Å²) in [6.45, 7) is 5.64. The van der Waals surface area contributed by atoms with Gasteiger partial charge in [0.15, 0.2) is 0 Å². The van der Waals surface area contributed by atoms with Crippen molar-refractivity contribution >= 4 is 11.8 Å². The Balaban J connectivity index is 1.76. The largest absolute Gasteiger partial charge is 0.313 e. The first-order valence-electron chi connectivity index (χ1n) is 6.71. The Kier molecular flexibility index (Phi) is 4.93. The minimum Gasteiger partial charge on any atom is -0.313 e. The Hall–Kier alpha value is -0.470. The Labute approximate surface area is 109 Å². The number of hydrogen-bond acceptors (Lipinski definition) is 2. The van der Waals surface area contributed by atoms with Gasteiger partial charge in [0.2, 0.25) is 0 Å². The van der Waals surface area contributed by atoms with Crippen LogP contribution in [0.25, 0.3) is 0 Å². The van der Waals surface area contributed by atoms with Crippen LogP contribution in [0.4, 0.5) is 0 Å². The molecule has 0 saturated heterocycles. The number of nitrogens with one attached hydrogen (secondary N) is 1. The van der Waals surface area contributed by atoms with E-state index in [0.29, 0.717) is 5.25 Å². The molecule has 0 amide bonds. The topological polar surface area (TPSA) is 12.0 Å². The predicted molar refractivity (Wildman–Crippen MR) is 76.8 cm³/mol. The molecule has 2 rings (SSSR count). The molecule has 1 aliphatic rings. The van der Waals surface area contributed by atoms with Gasteiger partial charge < -0.3 is 5.32 Å². The van der Waals surface area contributed by atoms with Crippen LogP contribution in [0.5, 0.6) is 0 Å². The molecule has 1 aromatic carbocycles. The highest BCUT2D eigenvalue weighted by Crippen LogP contribution is 2.26. The second kappa shape index (κ2) is 6.46. The molecule has 17 heavy (non-hydrogen) atoms. The molecule has 1 fully saturated rings. The first kappa shape index (κ1) is 13.0. The van der Waals surface area contributed by atoms with Crippen molar-refractivity contribution in [3.05, 3.63) is 29.8 Å². The highest BCUT2D eigenvalue weighted by Gasteiger charge is 2.15. The van der Waals surface area contributed by atoms with E-state index in [1.54, 1.807) is 0 Å². The zero-order valence-electron chi connectivity index (χ0n) is 10.9. The summed E-state index contributed by atoms with van der Waals surface area (Å²) in [4.78, 5) is 1.42. The molecule has 1 aliphatic carbocycles. The van der Waals surface area contributed by atoms with Crippen molar-refractivity contribution in [1.29, 1.82) is 0 Å². The van der Waals surface area contributed by atoms with Gasteiger partial charge >= 0.3 is 0 Å². The lowest BCUT2D eigenvalue weighted by Gasteiger charge is -2.17. The van der Waals surface area contributed by atoms with Crippen molar-refractivity contribution in [2.45, 2.75) is 55.7 Å². The summed E-state index contributed by atoms with van der Waals surface area (Å²) in [7, 11) is 0. The van der Waals surface area contributed by atoms with Gasteiger partial charge in [-0.1, -0.05) is 38.0 Å². The minimum absolute atomic E-state index is 0.650. The third kappa shape index (κ3) is 4.04. The first-order valence-corrected chi connectivity index (χ1v) is 7.59. The fourth-order valence-electron chi connectivity index (χ4n) is 2.41. The summed E-state index contributed by atoms with van der Waals surface area (Å²) in [5.74, 6) is 0. The summed E-state index contributed by atoms with van der Waals surface area (Å²) in [5, 5.41) is 4.35. The fourth-order valence-corrected chi connectivity index (χ4v) is 3.43. The van der Waals surface area contributed by atoms with Crippen molar-refractivity contribution in [1.82, 2.24) is 5.32 Å². The maximum Gasteiger partial charge on any atom is 0.0191 e. The zero-order chi connectivity index (χ0) is 12.1. The smallest absolute Gasteiger partial charge is 0.0191 e. The molecule has 0 bridgehead atoms. The molecule has 1 nitrogen and oxygen atoms in total. The van der Waals surface area contributed by atoms with Crippen LogP contribution in [0.2, 0.25) is 0 Å². The molecule has 2 heteroatoms. The molecule has 0 radical (unpaired) electrons. The van der Waals surface area contributed by atoms with Crippen molar-refractivity contribution in [3.8, 4) is 0 Å². The van der Waals surface area contributed by atoms with Crippen molar-refractivity contribution in [3.63, 3.8) is 0 Å². The minimum atomic E-state index is 0.650. The third-order valence-electron chi connectivity index (χ3n) is 3.47. The van der Waals surface area contributed by atoms with E-state index in [0.717, 1.165) is 12.6 Å². The quantitative estimate of drug-likeness (QED) is 0.791. The number of hydrogen-bond donors (Lipinski definition) is 1. The van der Waals surface area contributed by atoms with Gasteiger partial charge in [0.05, 0.1) is 0 Å². The predicted octanol–water partition coefficient (Wildman–Crippen LogP) is 4.01. The Bertz CT molecular complexity index is 345. The Morgan fingerprint density at radius 1 is 1.29 bits per heavy atom. The SMILES string of the molecule is Cc1ccccc1SC(C)CNC1CCCC1. The van der Waals surface area contributed by atoms with Crippen LogP contribution in [-0.2, 0) is 0 Å². The van der Waals surface area contributed by atoms with Gasteiger partial charge in [-0.3, -0.25) is 0 Å². The van der Waals surface area contributed by atoms with E-state index in [2.05, 4.69) is 43.4 Å². The molecule has 94 valence electrons. The molecular weight excluding hydrogens is 226 g/mol. The maximum absolute atomic E-state index is 3.70. The van der Waals surface area contributed by atoms with Crippen LogP contribution in [0.1, 0.15) is 38.2 Å². The normalized spacial score (nSPS) is 18.5. The van der Waals surface area contributed by atoms with Crippen molar-refractivity contribution < 1.29 is 0 Å². The average molecular weight is 249 g/mol. The standard InChI is InChI=1S/C15H23NS/c1-12-7-3-6-10-15(12)17-13(2)11-16-14-8-4-5-9-14/h3,6-7,10,13-14,16H,4-5,8-9,11H2,1-2H3. The molecular formula is C15H23NS. The molecule has 1 N–H and O–H groups in total. The van der Waals surface area contributed by atoms with Crippen LogP contribution >= 0.6 is 11.8 Å². The summed E-state index contributed by atoms with van der Waals surface area (Å²) >= 11 is 1.99. The highest BCUT2D eigenvalue weighted by molar-refractivity contribution is 8.00. The Morgan fingerprint density at radius 2 is 2.00 bits per heavy atom. The fraction of sp³-hybridized carbons (Fsp3) is 0.600. The van der Waals surface area contributed by atoms with E-state index in [1.807, 2.05) is 11.8 Å². The molecule has 1 unspecified atom stereocenters. The number of rotatable bonds is 5. The van der Waals surface area contributed by atoms with Gasteiger partial charge in [0, 0.05) is 22.7 Å². The summed E-state index contributed by atoms with van der Waals surface area (Å²) in [6, 6.07) is 9.45. The third-order valence-corrected chi connectivity index (χ3v) is 4.75. The van der Waals surface area contributed by atoms with E-state index in [9.17, 15) is 0 Å². The van der Waals surface area contributed by atoms with E-state index < -0.39 is 0 Å². The molecule has 0 aromatic heterocycles. The number of aryl methyl sites for hydroxylation is 1. The second-order valence-electron chi connectivity index (χ2n) is 5.08. The highest BCUT2D eigenvalue weighted by atomic mass is 32.2. The van der Waals surface area contributed by atoms with E-state index in [4.69, 9.17) is 0 Å². The maximum atomic E-state index is 3.70. The molecule has 1 saturated carbocycles. The second-order valence-corrected chi connectivity index (χ2v) is 6.56. The number of thioether (sulfide) groups is 1.